The van der Waals surface area contributed by atoms with Gasteiger partial charge in [0.25, 0.3) is 0 Å². The van der Waals surface area contributed by atoms with Gasteiger partial charge < -0.3 is 4.90 Å². The van der Waals surface area contributed by atoms with Crippen LogP contribution in [0.5, 0.6) is 0 Å². The maximum atomic E-state index is 12.3. The second-order valence-corrected chi connectivity index (χ2v) is 6.44. The molecule has 0 aliphatic carbocycles. The van der Waals surface area contributed by atoms with Gasteiger partial charge in [0.1, 0.15) is 5.78 Å². The molecule has 0 spiro atoms. The molecule has 0 N–H and O–H groups in total. The van der Waals surface area contributed by atoms with Crippen molar-refractivity contribution >= 4 is 5.78 Å². The fraction of sp³-hybridized carbons (Fsp3) is 0.611. The van der Waals surface area contributed by atoms with Crippen molar-refractivity contribution in [2.75, 3.05) is 13.1 Å². The van der Waals surface area contributed by atoms with E-state index in [1.165, 1.54) is 30.5 Å². The minimum atomic E-state index is 0.398. The number of aryl methyl sites for hydroxylation is 1. The SMILES string of the molecule is Cc1ccccc1CC(=O)C[C@@H]1CCCN(C(C)C)C1. The van der Waals surface area contributed by atoms with Crippen LogP contribution < -0.4 is 0 Å². The molecular formula is C18H27NO. The molecule has 1 saturated heterocycles. The number of ketones is 1. The lowest BCUT2D eigenvalue weighted by Crippen LogP contribution is -2.40. The van der Waals surface area contributed by atoms with E-state index in [4.69, 9.17) is 0 Å². The molecule has 2 heteroatoms. The van der Waals surface area contributed by atoms with Crippen LogP contribution in [0, 0.1) is 12.8 Å². The zero-order chi connectivity index (χ0) is 14.5. The third-order valence-corrected chi connectivity index (χ3v) is 4.45. The zero-order valence-electron chi connectivity index (χ0n) is 13.1. The van der Waals surface area contributed by atoms with Crippen molar-refractivity contribution in [2.24, 2.45) is 5.92 Å². The Kier molecular flexibility index (Phi) is 5.36. The number of Topliss-reactive ketones (excluding diaryl/α,β-unsaturated/α-hetero) is 1. The van der Waals surface area contributed by atoms with Gasteiger partial charge in [-0.1, -0.05) is 24.3 Å². The molecule has 1 aliphatic heterocycles. The number of nitrogens with zero attached hydrogens (tertiary/aromatic N) is 1. The predicted molar refractivity (Wildman–Crippen MR) is 83.9 cm³/mol. The van der Waals surface area contributed by atoms with Crippen LogP contribution in [0.3, 0.4) is 0 Å². The second-order valence-electron chi connectivity index (χ2n) is 6.44. The largest absolute Gasteiger partial charge is 0.301 e. The average molecular weight is 273 g/mol. The van der Waals surface area contributed by atoms with E-state index in [9.17, 15) is 4.79 Å². The van der Waals surface area contributed by atoms with Crippen molar-refractivity contribution < 1.29 is 4.79 Å². The van der Waals surface area contributed by atoms with Gasteiger partial charge in [0.2, 0.25) is 0 Å². The summed E-state index contributed by atoms with van der Waals surface area (Å²) in [6.07, 6.45) is 3.80. The molecule has 1 aromatic carbocycles. The molecule has 0 bridgehead atoms. The molecule has 0 amide bonds. The first-order chi connectivity index (χ1) is 9.56. The minimum absolute atomic E-state index is 0.398. The first-order valence-electron chi connectivity index (χ1n) is 7.86. The molecule has 0 aromatic heterocycles. The summed E-state index contributed by atoms with van der Waals surface area (Å²) in [5.74, 6) is 0.956. The summed E-state index contributed by atoms with van der Waals surface area (Å²) in [5.41, 5.74) is 2.42. The van der Waals surface area contributed by atoms with E-state index in [-0.39, 0.29) is 0 Å². The Morgan fingerprint density at radius 1 is 1.35 bits per heavy atom. The smallest absolute Gasteiger partial charge is 0.137 e. The minimum Gasteiger partial charge on any atom is -0.301 e. The van der Waals surface area contributed by atoms with Gasteiger partial charge in [-0.2, -0.15) is 0 Å². The Morgan fingerprint density at radius 3 is 2.80 bits per heavy atom. The van der Waals surface area contributed by atoms with Gasteiger partial charge in [-0.3, -0.25) is 4.79 Å². The molecule has 0 unspecified atom stereocenters. The topological polar surface area (TPSA) is 20.3 Å². The number of piperidine rings is 1. The Labute approximate surface area is 123 Å². The summed E-state index contributed by atoms with van der Waals surface area (Å²) >= 11 is 0. The fourth-order valence-electron chi connectivity index (χ4n) is 3.15. The van der Waals surface area contributed by atoms with Crippen LogP contribution in [-0.2, 0) is 11.2 Å². The first kappa shape index (κ1) is 15.2. The maximum absolute atomic E-state index is 12.3. The normalized spacial score (nSPS) is 20.3. The Hall–Kier alpha value is -1.15. The monoisotopic (exact) mass is 273 g/mol. The van der Waals surface area contributed by atoms with E-state index in [2.05, 4.69) is 37.8 Å². The van der Waals surface area contributed by atoms with Crippen molar-refractivity contribution in [1.82, 2.24) is 4.90 Å². The predicted octanol–water partition coefficient (Wildman–Crippen LogP) is 3.62. The van der Waals surface area contributed by atoms with E-state index >= 15 is 0 Å². The third-order valence-electron chi connectivity index (χ3n) is 4.45. The highest BCUT2D eigenvalue weighted by Crippen LogP contribution is 2.22. The van der Waals surface area contributed by atoms with Crippen molar-refractivity contribution in [3.05, 3.63) is 35.4 Å². The van der Waals surface area contributed by atoms with Crippen molar-refractivity contribution in [2.45, 2.75) is 52.5 Å². The van der Waals surface area contributed by atoms with Crippen LogP contribution in [0.4, 0.5) is 0 Å². The lowest BCUT2D eigenvalue weighted by atomic mass is 9.90. The van der Waals surface area contributed by atoms with Gasteiger partial charge >= 0.3 is 0 Å². The van der Waals surface area contributed by atoms with Crippen LogP contribution in [0.25, 0.3) is 0 Å². The highest BCUT2D eigenvalue weighted by Gasteiger charge is 2.23. The van der Waals surface area contributed by atoms with Crippen molar-refractivity contribution in [3.63, 3.8) is 0 Å². The van der Waals surface area contributed by atoms with Crippen LogP contribution in [0.1, 0.15) is 44.2 Å². The van der Waals surface area contributed by atoms with Crippen LogP contribution in [-0.4, -0.2) is 29.8 Å². The summed E-state index contributed by atoms with van der Waals surface area (Å²) < 4.78 is 0. The molecule has 1 aliphatic rings. The third kappa shape index (κ3) is 4.17. The summed E-state index contributed by atoms with van der Waals surface area (Å²) in [7, 11) is 0. The Morgan fingerprint density at radius 2 is 2.10 bits per heavy atom. The molecule has 1 atom stereocenters. The quantitative estimate of drug-likeness (QED) is 0.816. The van der Waals surface area contributed by atoms with E-state index < -0.39 is 0 Å². The van der Waals surface area contributed by atoms with Gasteiger partial charge in [0, 0.05) is 25.4 Å². The highest BCUT2D eigenvalue weighted by atomic mass is 16.1. The van der Waals surface area contributed by atoms with E-state index in [0.717, 1.165) is 13.0 Å². The number of carbonyl (C=O) groups excluding carboxylic acids is 1. The number of hydrogen-bond acceptors (Lipinski definition) is 2. The number of likely N-dealkylation sites (tertiary alicyclic amines) is 1. The van der Waals surface area contributed by atoms with Crippen LogP contribution in [0.15, 0.2) is 24.3 Å². The molecule has 1 fully saturated rings. The number of rotatable bonds is 5. The molecule has 0 saturated carbocycles. The molecule has 20 heavy (non-hydrogen) atoms. The van der Waals surface area contributed by atoms with Crippen molar-refractivity contribution in [1.29, 1.82) is 0 Å². The summed E-state index contributed by atoms with van der Waals surface area (Å²) in [5, 5.41) is 0. The molecule has 110 valence electrons. The number of carbonyl (C=O) groups is 1. The molecule has 1 aromatic rings. The molecule has 1 heterocycles. The molecule has 0 radical (unpaired) electrons. The summed E-state index contributed by atoms with van der Waals surface area (Å²) in [4.78, 5) is 14.8. The zero-order valence-corrected chi connectivity index (χ0v) is 13.1. The second kappa shape index (κ2) is 7.03. The van der Waals surface area contributed by atoms with E-state index in [1.807, 2.05) is 12.1 Å². The molecule has 2 rings (SSSR count). The summed E-state index contributed by atoms with van der Waals surface area (Å²) in [6, 6.07) is 8.82. The lowest BCUT2D eigenvalue weighted by Gasteiger charge is -2.35. The van der Waals surface area contributed by atoms with E-state index in [1.54, 1.807) is 0 Å². The van der Waals surface area contributed by atoms with E-state index in [0.29, 0.717) is 24.2 Å². The molecule has 2 nitrogen and oxygen atoms in total. The Balaban J connectivity index is 1.87. The average Bonchev–Trinajstić information content (AvgIpc) is 2.41. The lowest BCUT2D eigenvalue weighted by molar-refractivity contribution is -0.119. The van der Waals surface area contributed by atoms with Gasteiger partial charge in [-0.05, 0) is 57.2 Å². The fourth-order valence-corrected chi connectivity index (χ4v) is 3.15. The standard InChI is InChI=1S/C18H27NO/c1-14(2)19-10-6-8-16(13-19)11-18(20)12-17-9-5-4-7-15(17)3/h4-5,7,9,14,16H,6,8,10-13H2,1-3H3/t16-/m0/s1. The number of hydrogen-bond donors (Lipinski definition) is 0. The van der Waals surface area contributed by atoms with Crippen molar-refractivity contribution in [3.8, 4) is 0 Å². The van der Waals surface area contributed by atoms with Gasteiger partial charge in [-0.15, -0.1) is 0 Å². The van der Waals surface area contributed by atoms with Crippen LogP contribution >= 0.6 is 0 Å². The maximum Gasteiger partial charge on any atom is 0.137 e. The van der Waals surface area contributed by atoms with Gasteiger partial charge in [0.15, 0.2) is 0 Å². The number of benzene rings is 1. The Bertz CT molecular complexity index is 452. The molecular weight excluding hydrogens is 246 g/mol. The van der Waals surface area contributed by atoms with Gasteiger partial charge in [-0.25, -0.2) is 0 Å². The highest BCUT2D eigenvalue weighted by molar-refractivity contribution is 5.81. The van der Waals surface area contributed by atoms with Crippen LogP contribution in [0.2, 0.25) is 0 Å². The van der Waals surface area contributed by atoms with Gasteiger partial charge in [0.05, 0.1) is 0 Å². The first-order valence-corrected chi connectivity index (χ1v) is 7.86. The summed E-state index contributed by atoms with van der Waals surface area (Å²) in [6.45, 7) is 8.87.